The van der Waals surface area contributed by atoms with E-state index in [1.54, 1.807) is 6.92 Å². The van der Waals surface area contributed by atoms with E-state index in [0.717, 1.165) is 0 Å². The number of rotatable bonds is 3. The van der Waals surface area contributed by atoms with Crippen LogP contribution in [0.15, 0.2) is 12.2 Å². The summed E-state index contributed by atoms with van der Waals surface area (Å²) in [7, 11) is 4.10. The summed E-state index contributed by atoms with van der Waals surface area (Å²) >= 11 is 0. The summed E-state index contributed by atoms with van der Waals surface area (Å²) in [4.78, 5) is 11.4. The highest BCUT2D eigenvalue weighted by atomic mass is 35.5. The molecule has 16 heavy (non-hydrogen) atoms. The summed E-state index contributed by atoms with van der Waals surface area (Å²) in [5.74, 6) is -0.321. The molecular weight excluding hydrogens is 226 g/mol. The number of nitrogens with zero attached hydrogens (tertiary/aromatic N) is 1. The quantitative estimate of drug-likeness (QED) is 0.287. The third kappa shape index (κ3) is 4.14. The van der Waals surface area contributed by atoms with Crippen LogP contribution in [0.3, 0.4) is 0 Å². The van der Waals surface area contributed by atoms with Crippen molar-refractivity contribution in [2.75, 3.05) is 14.1 Å². The highest BCUT2D eigenvalue weighted by molar-refractivity contribution is 5.86. The van der Waals surface area contributed by atoms with Gasteiger partial charge in [0, 0.05) is 12.5 Å². The predicted molar refractivity (Wildman–Crippen MR) is 62.2 cm³/mol. The minimum absolute atomic E-state index is 0. The molecule has 0 aromatic rings. The molecule has 0 heterocycles. The smallest absolute Gasteiger partial charge is 0.337 e. The molecule has 4 heteroatoms. The Labute approximate surface area is 105 Å². The normalized spacial score (nSPS) is 13.7. The number of hydrogen-bond acceptors (Lipinski definition) is 2. The molecule has 0 saturated carbocycles. The van der Waals surface area contributed by atoms with Crippen LogP contribution >= 0.6 is 0 Å². The number of carbonyl (C=O) groups is 1. The van der Waals surface area contributed by atoms with Crippen molar-refractivity contribution in [3.05, 3.63) is 12.2 Å². The van der Waals surface area contributed by atoms with Gasteiger partial charge < -0.3 is 17.1 Å². The van der Waals surface area contributed by atoms with Crippen LogP contribution in [0.25, 0.3) is 0 Å². The van der Waals surface area contributed by atoms with E-state index in [1.807, 2.05) is 6.92 Å². The first-order valence-electron chi connectivity index (χ1n) is 5.20. The van der Waals surface area contributed by atoms with E-state index in [0.29, 0.717) is 10.1 Å². The predicted octanol–water partition coefficient (Wildman–Crippen LogP) is -0.669. The number of hydrogen-bond donors (Lipinski definition) is 0. The first-order chi connectivity index (χ1) is 6.50. The van der Waals surface area contributed by atoms with Crippen LogP contribution in [0.5, 0.6) is 0 Å². The van der Waals surface area contributed by atoms with E-state index in [1.165, 1.54) is 0 Å². The Morgan fingerprint density at radius 2 is 1.69 bits per heavy atom. The molecule has 0 saturated heterocycles. The second-order valence-corrected chi connectivity index (χ2v) is 5.50. The van der Waals surface area contributed by atoms with Crippen LogP contribution in [-0.4, -0.2) is 36.3 Å². The lowest BCUT2D eigenvalue weighted by molar-refractivity contribution is -0.974. The van der Waals surface area contributed by atoms with Gasteiger partial charge in [-0.15, -0.1) is 0 Å². The van der Waals surface area contributed by atoms with Gasteiger partial charge in [0.2, 0.25) is 6.23 Å². The van der Waals surface area contributed by atoms with E-state index in [9.17, 15) is 4.79 Å². The van der Waals surface area contributed by atoms with Crippen molar-refractivity contribution in [1.82, 2.24) is 0 Å². The van der Waals surface area contributed by atoms with Gasteiger partial charge in [0.05, 0.1) is 19.6 Å². The molecular formula is C12H24ClNO2. The Bertz CT molecular complexity index is 267. The van der Waals surface area contributed by atoms with Gasteiger partial charge in [0.25, 0.3) is 0 Å². The summed E-state index contributed by atoms with van der Waals surface area (Å²) in [6.07, 6.45) is -0.186. The molecule has 0 bridgehead atoms. The zero-order chi connectivity index (χ0) is 12.4. The molecule has 0 aliphatic heterocycles. The van der Waals surface area contributed by atoms with Gasteiger partial charge in [-0.1, -0.05) is 6.58 Å². The lowest BCUT2D eigenvalue weighted by atomic mass is 10.0. The maximum atomic E-state index is 11.4. The minimum atomic E-state index is -0.321. The van der Waals surface area contributed by atoms with Crippen molar-refractivity contribution in [3.63, 3.8) is 0 Å². The van der Waals surface area contributed by atoms with Gasteiger partial charge in [-0.25, -0.2) is 4.79 Å². The van der Waals surface area contributed by atoms with Crippen LogP contribution in [0.2, 0.25) is 0 Å². The standard InChI is InChI=1S/C12H24NO2.ClH/c1-9(2)11(14)15-10(3)13(7,8)12(4,5)6;/h10H,1H2,2-8H3;1H/q+1;/p-1. The number of ether oxygens (including phenoxy) is 1. The monoisotopic (exact) mass is 249 g/mol. The van der Waals surface area contributed by atoms with Crippen LogP contribution in [0.4, 0.5) is 0 Å². The Balaban J connectivity index is 0. The molecule has 3 nitrogen and oxygen atoms in total. The molecule has 0 aromatic heterocycles. The Morgan fingerprint density at radius 1 is 1.31 bits per heavy atom. The zero-order valence-corrected chi connectivity index (χ0v) is 12.2. The topological polar surface area (TPSA) is 26.3 Å². The first kappa shape index (κ1) is 17.8. The maximum absolute atomic E-state index is 11.4. The van der Waals surface area contributed by atoms with E-state index in [2.05, 4.69) is 41.4 Å². The highest BCUT2D eigenvalue weighted by Crippen LogP contribution is 2.24. The van der Waals surface area contributed by atoms with Gasteiger partial charge >= 0.3 is 5.97 Å². The lowest BCUT2D eigenvalue weighted by Gasteiger charge is -2.45. The Hall–Kier alpha value is -0.540. The van der Waals surface area contributed by atoms with Gasteiger partial charge in [-0.05, 0) is 27.7 Å². The van der Waals surface area contributed by atoms with Crippen molar-refractivity contribution in [1.29, 1.82) is 0 Å². The van der Waals surface area contributed by atoms with Crippen molar-refractivity contribution in [3.8, 4) is 0 Å². The molecule has 0 rings (SSSR count). The molecule has 0 fully saturated rings. The molecule has 96 valence electrons. The summed E-state index contributed by atoms with van der Waals surface area (Å²) in [6, 6.07) is 0. The highest BCUT2D eigenvalue weighted by Gasteiger charge is 2.38. The molecule has 0 aliphatic rings. The van der Waals surface area contributed by atoms with E-state index in [4.69, 9.17) is 4.74 Å². The maximum Gasteiger partial charge on any atom is 0.337 e. The van der Waals surface area contributed by atoms with Crippen molar-refractivity contribution < 1.29 is 26.4 Å². The van der Waals surface area contributed by atoms with Crippen LogP contribution < -0.4 is 12.4 Å². The van der Waals surface area contributed by atoms with Crippen LogP contribution in [0, 0.1) is 0 Å². The average molecular weight is 250 g/mol. The summed E-state index contributed by atoms with van der Waals surface area (Å²) in [6.45, 7) is 13.5. The van der Waals surface area contributed by atoms with Gasteiger partial charge in [0.15, 0.2) is 0 Å². The van der Waals surface area contributed by atoms with Gasteiger partial charge in [0.1, 0.15) is 0 Å². The fraction of sp³-hybridized carbons (Fsp3) is 0.750. The molecule has 0 N–H and O–H groups in total. The van der Waals surface area contributed by atoms with Gasteiger partial charge in [-0.3, -0.25) is 4.48 Å². The number of carbonyl (C=O) groups excluding carboxylic acids is 1. The second kappa shape index (κ2) is 5.69. The van der Waals surface area contributed by atoms with E-state index in [-0.39, 0.29) is 30.1 Å². The summed E-state index contributed by atoms with van der Waals surface area (Å²) in [5.41, 5.74) is 0.463. The molecule has 0 amide bonds. The number of quaternary nitrogens is 1. The van der Waals surface area contributed by atoms with Crippen LogP contribution in [-0.2, 0) is 9.53 Å². The average Bonchev–Trinajstić information content (AvgIpc) is 2.01. The third-order valence-corrected chi connectivity index (χ3v) is 3.26. The third-order valence-electron chi connectivity index (χ3n) is 3.26. The molecule has 0 aromatic carbocycles. The largest absolute Gasteiger partial charge is 1.00 e. The lowest BCUT2D eigenvalue weighted by Crippen LogP contribution is -3.00. The summed E-state index contributed by atoms with van der Waals surface area (Å²) < 4.78 is 5.95. The zero-order valence-electron chi connectivity index (χ0n) is 11.4. The molecule has 0 spiro atoms. The Morgan fingerprint density at radius 3 is 1.94 bits per heavy atom. The van der Waals surface area contributed by atoms with Crippen molar-refractivity contribution >= 4 is 5.97 Å². The van der Waals surface area contributed by atoms with Crippen molar-refractivity contribution in [2.24, 2.45) is 0 Å². The number of esters is 1. The molecule has 0 aliphatic carbocycles. The fourth-order valence-electron chi connectivity index (χ4n) is 0.933. The summed E-state index contributed by atoms with van der Waals surface area (Å²) in [5, 5.41) is 0. The number of halogens is 1. The van der Waals surface area contributed by atoms with E-state index >= 15 is 0 Å². The molecule has 1 unspecified atom stereocenters. The Kier molecular flexibility index (Phi) is 6.34. The second-order valence-electron chi connectivity index (χ2n) is 5.50. The van der Waals surface area contributed by atoms with Gasteiger partial charge in [-0.2, -0.15) is 0 Å². The fourth-order valence-corrected chi connectivity index (χ4v) is 0.933. The minimum Gasteiger partial charge on any atom is -1.00 e. The molecule has 1 atom stereocenters. The van der Waals surface area contributed by atoms with Crippen molar-refractivity contribution in [2.45, 2.75) is 46.4 Å². The first-order valence-corrected chi connectivity index (χ1v) is 5.20. The molecule has 0 radical (unpaired) electrons. The van der Waals surface area contributed by atoms with Crippen LogP contribution in [0.1, 0.15) is 34.6 Å². The SMILES string of the molecule is C=C(C)C(=O)OC(C)[N+](C)(C)C(C)(C)C.[Cl-]. The van der Waals surface area contributed by atoms with E-state index < -0.39 is 0 Å².